The Hall–Kier alpha value is -1.19. The van der Waals surface area contributed by atoms with Crippen LogP contribution in [-0.2, 0) is 0 Å². The second kappa shape index (κ2) is 5.23. The van der Waals surface area contributed by atoms with Crippen LogP contribution in [0.3, 0.4) is 0 Å². The van der Waals surface area contributed by atoms with Crippen molar-refractivity contribution in [3.05, 3.63) is 35.9 Å². The van der Waals surface area contributed by atoms with Gasteiger partial charge in [0.1, 0.15) is 0 Å². The Kier molecular flexibility index (Phi) is 3.70. The fourth-order valence-electron chi connectivity index (χ4n) is 2.05. The summed E-state index contributed by atoms with van der Waals surface area (Å²) in [4.78, 5) is 14.3. The monoisotopic (exact) mass is 218 g/mol. The highest BCUT2D eigenvalue weighted by molar-refractivity contribution is 5.96. The van der Waals surface area contributed by atoms with Crippen molar-refractivity contribution in [2.75, 3.05) is 26.7 Å². The average molecular weight is 218 g/mol. The number of likely N-dealkylation sites (N-methyl/N-ethyl adjacent to an activating group) is 1. The van der Waals surface area contributed by atoms with E-state index < -0.39 is 0 Å². The summed E-state index contributed by atoms with van der Waals surface area (Å²) in [6, 6.07) is 9.87. The molecule has 1 heterocycles. The minimum atomic E-state index is 0.237. The summed E-state index contributed by atoms with van der Waals surface area (Å²) in [5, 5.41) is 3.33. The largest absolute Gasteiger partial charge is 0.314 e. The molecule has 0 aliphatic carbocycles. The summed E-state index contributed by atoms with van der Waals surface area (Å²) < 4.78 is 0. The quantitative estimate of drug-likeness (QED) is 0.773. The number of Topliss-reactive ketones (excluding diaryl/α,β-unsaturated/α-hetero) is 1. The molecule has 0 spiro atoms. The van der Waals surface area contributed by atoms with Crippen molar-refractivity contribution in [2.24, 2.45) is 0 Å². The highest BCUT2D eigenvalue weighted by atomic mass is 16.1. The number of hydrogen-bond acceptors (Lipinski definition) is 3. The lowest BCUT2D eigenvalue weighted by Crippen LogP contribution is -2.49. The molecule has 1 fully saturated rings. The standard InChI is InChI=1S/C13H18N2O/c1-15-8-7-14-10-12(15)9-13(16)11-5-3-2-4-6-11/h2-6,12,14H,7-10H2,1H3. The van der Waals surface area contributed by atoms with Gasteiger partial charge >= 0.3 is 0 Å². The second-order valence-corrected chi connectivity index (χ2v) is 4.33. The molecular formula is C13H18N2O. The molecule has 1 N–H and O–H groups in total. The summed E-state index contributed by atoms with van der Waals surface area (Å²) in [7, 11) is 2.09. The lowest BCUT2D eigenvalue weighted by atomic mass is 10.0. The Bertz CT molecular complexity index is 350. The summed E-state index contributed by atoms with van der Waals surface area (Å²) in [5.41, 5.74) is 0.821. The first-order valence-electron chi connectivity index (χ1n) is 5.76. The number of hydrogen-bond donors (Lipinski definition) is 1. The highest BCUT2D eigenvalue weighted by Gasteiger charge is 2.21. The van der Waals surface area contributed by atoms with Crippen LogP contribution in [0.2, 0.25) is 0 Å². The maximum atomic E-state index is 12.0. The molecule has 2 rings (SSSR count). The molecule has 1 aliphatic heterocycles. The van der Waals surface area contributed by atoms with Crippen molar-refractivity contribution in [3.8, 4) is 0 Å². The number of piperazine rings is 1. The molecule has 1 unspecified atom stereocenters. The Labute approximate surface area is 96.5 Å². The van der Waals surface area contributed by atoms with Gasteiger partial charge in [0.05, 0.1) is 0 Å². The van der Waals surface area contributed by atoms with Gasteiger partial charge in [0.25, 0.3) is 0 Å². The van der Waals surface area contributed by atoms with Gasteiger partial charge in [-0.05, 0) is 7.05 Å². The topological polar surface area (TPSA) is 32.3 Å². The zero-order chi connectivity index (χ0) is 11.4. The molecule has 0 saturated carbocycles. The van der Waals surface area contributed by atoms with Crippen LogP contribution >= 0.6 is 0 Å². The Balaban J connectivity index is 1.96. The van der Waals surface area contributed by atoms with Crippen molar-refractivity contribution in [1.82, 2.24) is 10.2 Å². The van der Waals surface area contributed by atoms with Crippen LogP contribution in [0.15, 0.2) is 30.3 Å². The normalized spacial score (nSPS) is 21.9. The van der Waals surface area contributed by atoms with Gasteiger partial charge < -0.3 is 10.2 Å². The third-order valence-electron chi connectivity index (χ3n) is 3.16. The first kappa shape index (κ1) is 11.3. The van der Waals surface area contributed by atoms with Crippen LogP contribution in [0, 0.1) is 0 Å². The summed E-state index contributed by atoms with van der Waals surface area (Å²) >= 11 is 0. The Morgan fingerprint density at radius 1 is 1.44 bits per heavy atom. The summed E-state index contributed by atoms with van der Waals surface area (Å²) in [6.45, 7) is 2.95. The van der Waals surface area contributed by atoms with Gasteiger partial charge in [-0.25, -0.2) is 0 Å². The molecule has 86 valence electrons. The number of rotatable bonds is 3. The minimum Gasteiger partial charge on any atom is -0.314 e. The fourth-order valence-corrected chi connectivity index (χ4v) is 2.05. The first-order valence-corrected chi connectivity index (χ1v) is 5.76. The first-order chi connectivity index (χ1) is 7.77. The van der Waals surface area contributed by atoms with Crippen molar-refractivity contribution < 1.29 is 4.79 Å². The SMILES string of the molecule is CN1CCNCC1CC(=O)c1ccccc1. The third kappa shape index (κ3) is 2.68. The molecule has 1 saturated heterocycles. The van der Waals surface area contributed by atoms with Crippen molar-refractivity contribution in [1.29, 1.82) is 0 Å². The smallest absolute Gasteiger partial charge is 0.164 e. The van der Waals surface area contributed by atoms with E-state index in [0.717, 1.165) is 25.2 Å². The maximum absolute atomic E-state index is 12.0. The number of nitrogens with one attached hydrogen (secondary N) is 1. The van der Waals surface area contributed by atoms with E-state index in [1.165, 1.54) is 0 Å². The molecule has 1 aromatic rings. The fraction of sp³-hybridized carbons (Fsp3) is 0.462. The highest BCUT2D eigenvalue weighted by Crippen LogP contribution is 2.10. The Morgan fingerprint density at radius 3 is 2.88 bits per heavy atom. The number of ketones is 1. The van der Waals surface area contributed by atoms with Gasteiger partial charge in [0.15, 0.2) is 5.78 Å². The van der Waals surface area contributed by atoms with Crippen molar-refractivity contribution in [3.63, 3.8) is 0 Å². The predicted molar refractivity (Wildman–Crippen MR) is 64.7 cm³/mol. The lowest BCUT2D eigenvalue weighted by Gasteiger charge is -2.32. The van der Waals surface area contributed by atoms with E-state index in [9.17, 15) is 4.79 Å². The molecular weight excluding hydrogens is 200 g/mol. The van der Waals surface area contributed by atoms with Gasteiger partial charge in [-0.3, -0.25) is 4.79 Å². The molecule has 1 aromatic carbocycles. The molecule has 1 atom stereocenters. The summed E-state index contributed by atoms with van der Waals surface area (Å²) in [5.74, 6) is 0.237. The van der Waals surface area contributed by atoms with Crippen LogP contribution in [-0.4, -0.2) is 43.4 Å². The van der Waals surface area contributed by atoms with E-state index in [1.54, 1.807) is 0 Å². The van der Waals surface area contributed by atoms with Gasteiger partial charge in [-0.2, -0.15) is 0 Å². The van der Waals surface area contributed by atoms with E-state index in [0.29, 0.717) is 12.5 Å². The van der Waals surface area contributed by atoms with Gasteiger partial charge in [0.2, 0.25) is 0 Å². The third-order valence-corrected chi connectivity index (χ3v) is 3.16. The van der Waals surface area contributed by atoms with Crippen LogP contribution in [0.4, 0.5) is 0 Å². The van der Waals surface area contributed by atoms with E-state index in [1.807, 2.05) is 30.3 Å². The van der Waals surface area contributed by atoms with Crippen LogP contribution in [0.5, 0.6) is 0 Å². The molecule has 3 nitrogen and oxygen atoms in total. The number of carbonyl (C=O) groups is 1. The maximum Gasteiger partial charge on any atom is 0.164 e. The molecule has 0 radical (unpaired) electrons. The molecule has 1 aliphatic rings. The second-order valence-electron chi connectivity index (χ2n) is 4.33. The van der Waals surface area contributed by atoms with Crippen molar-refractivity contribution >= 4 is 5.78 Å². The molecule has 0 amide bonds. The van der Waals surface area contributed by atoms with Crippen molar-refractivity contribution in [2.45, 2.75) is 12.5 Å². The average Bonchev–Trinajstić information content (AvgIpc) is 2.33. The Morgan fingerprint density at radius 2 is 2.19 bits per heavy atom. The lowest BCUT2D eigenvalue weighted by molar-refractivity contribution is 0.0917. The van der Waals surface area contributed by atoms with Crippen LogP contribution < -0.4 is 5.32 Å². The molecule has 16 heavy (non-hydrogen) atoms. The summed E-state index contributed by atoms with van der Waals surface area (Å²) in [6.07, 6.45) is 0.605. The van der Waals surface area contributed by atoms with Crippen LogP contribution in [0.25, 0.3) is 0 Å². The van der Waals surface area contributed by atoms with Crippen LogP contribution in [0.1, 0.15) is 16.8 Å². The van der Waals surface area contributed by atoms with E-state index in [2.05, 4.69) is 17.3 Å². The van der Waals surface area contributed by atoms with Gasteiger partial charge in [0, 0.05) is 37.7 Å². The predicted octanol–water partition coefficient (Wildman–Crippen LogP) is 1.16. The van der Waals surface area contributed by atoms with E-state index in [4.69, 9.17) is 0 Å². The zero-order valence-electron chi connectivity index (χ0n) is 9.65. The number of carbonyl (C=O) groups excluding carboxylic acids is 1. The van der Waals surface area contributed by atoms with E-state index in [-0.39, 0.29) is 5.78 Å². The van der Waals surface area contributed by atoms with Gasteiger partial charge in [-0.1, -0.05) is 30.3 Å². The van der Waals surface area contributed by atoms with E-state index >= 15 is 0 Å². The molecule has 3 heteroatoms. The minimum absolute atomic E-state index is 0.237. The van der Waals surface area contributed by atoms with Gasteiger partial charge in [-0.15, -0.1) is 0 Å². The number of nitrogens with zero attached hydrogens (tertiary/aromatic N) is 1. The molecule has 0 aromatic heterocycles. The number of benzene rings is 1. The zero-order valence-corrected chi connectivity index (χ0v) is 9.65. The molecule has 0 bridgehead atoms.